The largest absolute Gasteiger partial charge is 0.493 e. The second-order valence-electron chi connectivity index (χ2n) is 11.2. The Balaban J connectivity index is 1.55. The zero-order valence-corrected chi connectivity index (χ0v) is 25.6. The fraction of sp³-hybridized carbons (Fsp3) is 0.515. The summed E-state index contributed by atoms with van der Waals surface area (Å²) >= 11 is 0. The van der Waals surface area contributed by atoms with E-state index in [1.54, 1.807) is 14.2 Å². The van der Waals surface area contributed by atoms with Crippen LogP contribution in [0.15, 0.2) is 52.1 Å². The predicted octanol–water partition coefficient (Wildman–Crippen LogP) is 3.67. The number of rotatable bonds is 19. The zero-order valence-electron chi connectivity index (χ0n) is 25.6. The molecule has 3 atom stereocenters. The van der Waals surface area contributed by atoms with Crippen molar-refractivity contribution in [1.29, 1.82) is 0 Å². The number of methoxy groups -OCH3 is 2. The molecule has 9 heteroatoms. The van der Waals surface area contributed by atoms with E-state index in [0.717, 1.165) is 24.8 Å². The molecule has 0 heterocycles. The maximum atomic E-state index is 12.2. The Bertz CT molecular complexity index is 1330. The summed E-state index contributed by atoms with van der Waals surface area (Å²) in [4.78, 5) is 24.4. The average Bonchev–Trinajstić information content (AvgIpc) is 2.98. The van der Waals surface area contributed by atoms with Gasteiger partial charge in [-0.2, -0.15) is 0 Å². The normalized spacial score (nSPS) is 13.6. The van der Waals surface area contributed by atoms with Crippen LogP contribution in [0.1, 0.15) is 43.4 Å². The molecule has 0 fully saturated rings. The van der Waals surface area contributed by atoms with Gasteiger partial charge in [0.2, 0.25) is 0 Å². The van der Waals surface area contributed by atoms with Gasteiger partial charge < -0.3 is 35.7 Å². The number of aliphatic hydroxyl groups excluding tert-OH is 1. The van der Waals surface area contributed by atoms with Crippen molar-refractivity contribution in [1.82, 2.24) is 0 Å². The lowest BCUT2D eigenvalue weighted by molar-refractivity contribution is 0.137. The molecule has 9 nitrogen and oxygen atoms in total. The summed E-state index contributed by atoms with van der Waals surface area (Å²) in [6, 6.07) is 13.5. The average molecular weight is 582 g/mol. The highest BCUT2D eigenvalue weighted by Crippen LogP contribution is 2.31. The summed E-state index contributed by atoms with van der Waals surface area (Å²) in [7, 11) is 3.29. The van der Waals surface area contributed by atoms with Crippen LogP contribution < -0.4 is 36.7 Å². The minimum absolute atomic E-state index is 0.0747. The molecule has 42 heavy (non-hydrogen) atoms. The molecule has 0 radical (unpaired) electrons. The van der Waals surface area contributed by atoms with Crippen molar-refractivity contribution in [3.05, 3.63) is 79.6 Å². The number of hydrogen-bond donors (Lipinski definition) is 4. The van der Waals surface area contributed by atoms with Crippen LogP contribution >= 0.6 is 0 Å². The van der Waals surface area contributed by atoms with E-state index in [1.807, 2.05) is 49.4 Å². The van der Waals surface area contributed by atoms with E-state index >= 15 is 0 Å². The predicted molar refractivity (Wildman–Crippen MR) is 169 cm³/mol. The summed E-state index contributed by atoms with van der Waals surface area (Å²) in [5.41, 5.74) is 9.28. The molecule has 0 bridgehead atoms. The van der Waals surface area contributed by atoms with Crippen LogP contribution in [-0.2, 0) is 17.6 Å². The van der Waals surface area contributed by atoms with Crippen LogP contribution in [0, 0.1) is 18.8 Å². The first-order chi connectivity index (χ1) is 20.2. The van der Waals surface area contributed by atoms with Gasteiger partial charge in [0.15, 0.2) is 11.5 Å². The number of aliphatic hydroxyl groups is 1. The van der Waals surface area contributed by atoms with Gasteiger partial charge in [-0.15, -0.1) is 0 Å². The maximum absolute atomic E-state index is 12.2. The Kier molecular flexibility index (Phi) is 12.8. The fourth-order valence-corrected chi connectivity index (χ4v) is 5.05. The van der Waals surface area contributed by atoms with Crippen molar-refractivity contribution in [2.24, 2.45) is 17.6 Å². The van der Waals surface area contributed by atoms with Gasteiger partial charge in [0.25, 0.3) is 10.9 Å². The third kappa shape index (κ3) is 9.05. The lowest BCUT2D eigenvalue weighted by Gasteiger charge is -2.28. The standard InChI is InChI=1S/C33H47N3O6/c1-21(2)25(17-23-11-12-28(41-5)29(18-23)42-16-8-15-40-4)19-26(34)27(37)20-36-31-30(32(38)33(31)39)35-14-13-24-10-7-6-9-22(24)3/h6-7,9-12,18,21,25-27,35-37H,8,13-17,19-20,34H2,1-5H3/t25-,26-,27-/m0/s1. The van der Waals surface area contributed by atoms with Crippen molar-refractivity contribution < 1.29 is 19.3 Å². The molecule has 0 saturated carbocycles. The molecule has 0 aliphatic rings. The van der Waals surface area contributed by atoms with Crippen molar-refractivity contribution in [2.45, 2.75) is 58.6 Å². The number of ether oxygens (including phenoxy) is 3. The Labute approximate surface area is 249 Å². The number of nitrogens with two attached hydrogens (primary N) is 1. The molecule has 3 aromatic carbocycles. The van der Waals surface area contributed by atoms with Gasteiger partial charge >= 0.3 is 0 Å². The molecule has 3 aromatic rings. The van der Waals surface area contributed by atoms with Crippen LogP contribution in [0.4, 0.5) is 11.4 Å². The van der Waals surface area contributed by atoms with Crippen molar-refractivity contribution in [3.63, 3.8) is 0 Å². The van der Waals surface area contributed by atoms with Gasteiger partial charge in [0, 0.05) is 39.3 Å². The zero-order chi connectivity index (χ0) is 30.6. The van der Waals surface area contributed by atoms with Gasteiger partial charge in [-0.25, -0.2) is 0 Å². The number of benzene rings is 2. The third-order valence-corrected chi connectivity index (χ3v) is 7.84. The Morgan fingerprint density at radius 1 is 0.952 bits per heavy atom. The molecule has 230 valence electrons. The number of anilines is 2. The first-order valence-corrected chi connectivity index (χ1v) is 14.7. The number of nitrogens with one attached hydrogen (secondary N) is 2. The molecule has 0 aliphatic carbocycles. The third-order valence-electron chi connectivity index (χ3n) is 7.84. The van der Waals surface area contributed by atoms with E-state index in [2.05, 4.69) is 24.5 Å². The molecular weight excluding hydrogens is 534 g/mol. The smallest absolute Gasteiger partial charge is 0.253 e. The number of hydrogen-bond acceptors (Lipinski definition) is 9. The lowest BCUT2D eigenvalue weighted by atomic mass is 9.83. The lowest BCUT2D eigenvalue weighted by Crippen LogP contribution is -2.44. The van der Waals surface area contributed by atoms with E-state index in [0.29, 0.717) is 43.6 Å². The van der Waals surface area contributed by atoms with Crippen LogP contribution in [0.5, 0.6) is 11.5 Å². The van der Waals surface area contributed by atoms with E-state index in [4.69, 9.17) is 19.9 Å². The summed E-state index contributed by atoms with van der Waals surface area (Å²) in [5.74, 6) is 1.90. The monoisotopic (exact) mass is 581 g/mol. The van der Waals surface area contributed by atoms with Crippen molar-refractivity contribution in [3.8, 4) is 11.5 Å². The first-order valence-electron chi connectivity index (χ1n) is 14.7. The van der Waals surface area contributed by atoms with Crippen LogP contribution in [0.3, 0.4) is 0 Å². The molecule has 0 saturated heterocycles. The van der Waals surface area contributed by atoms with E-state index < -0.39 is 23.0 Å². The van der Waals surface area contributed by atoms with Gasteiger partial charge in [0.05, 0.1) is 19.8 Å². The highest BCUT2D eigenvalue weighted by Gasteiger charge is 2.25. The Hall–Kier alpha value is -3.40. The quantitative estimate of drug-likeness (QED) is 0.124. The minimum Gasteiger partial charge on any atom is -0.493 e. The number of aryl methyl sites for hydroxylation is 1. The second-order valence-corrected chi connectivity index (χ2v) is 11.2. The van der Waals surface area contributed by atoms with E-state index in [1.165, 1.54) is 11.1 Å². The molecule has 0 amide bonds. The molecule has 0 aliphatic heterocycles. The highest BCUT2D eigenvalue weighted by atomic mass is 16.5. The summed E-state index contributed by atoms with van der Waals surface area (Å²) in [5, 5.41) is 16.9. The van der Waals surface area contributed by atoms with Crippen LogP contribution in [-0.4, -0.2) is 57.8 Å². The molecule has 0 aromatic heterocycles. The van der Waals surface area contributed by atoms with Gasteiger partial charge in [-0.3, -0.25) is 9.59 Å². The van der Waals surface area contributed by atoms with Gasteiger partial charge in [-0.1, -0.05) is 44.2 Å². The van der Waals surface area contributed by atoms with Gasteiger partial charge in [-0.05, 0) is 66.8 Å². The fourth-order valence-electron chi connectivity index (χ4n) is 5.05. The van der Waals surface area contributed by atoms with Crippen molar-refractivity contribution in [2.75, 3.05) is 51.2 Å². The maximum Gasteiger partial charge on any atom is 0.253 e. The van der Waals surface area contributed by atoms with Crippen LogP contribution in [0.25, 0.3) is 0 Å². The summed E-state index contributed by atoms with van der Waals surface area (Å²) in [6.07, 6.45) is 1.96. The van der Waals surface area contributed by atoms with Crippen LogP contribution in [0.2, 0.25) is 0 Å². The van der Waals surface area contributed by atoms with Gasteiger partial charge in [0.1, 0.15) is 11.4 Å². The molecule has 3 rings (SSSR count). The topological polar surface area (TPSA) is 132 Å². The summed E-state index contributed by atoms with van der Waals surface area (Å²) in [6.45, 7) is 8.08. The molecular formula is C33H47N3O6. The van der Waals surface area contributed by atoms with E-state index in [-0.39, 0.29) is 23.8 Å². The van der Waals surface area contributed by atoms with E-state index in [9.17, 15) is 14.7 Å². The Morgan fingerprint density at radius 3 is 2.33 bits per heavy atom. The molecule has 0 unspecified atom stereocenters. The Morgan fingerprint density at radius 2 is 1.67 bits per heavy atom. The van der Waals surface area contributed by atoms with Crippen molar-refractivity contribution >= 4 is 11.4 Å². The second kappa shape index (κ2) is 16.3. The molecule has 5 N–H and O–H groups in total. The molecule has 0 spiro atoms. The first kappa shape index (κ1) is 33.1. The SMILES string of the molecule is COCCCOc1cc(C[C@@H](C[C@H](N)[C@@H](O)CNc2c(NCCc3ccccc3C)c(=O)c2=O)C(C)C)ccc1OC. The minimum atomic E-state index is -0.897. The summed E-state index contributed by atoms with van der Waals surface area (Å²) < 4.78 is 16.5. The highest BCUT2D eigenvalue weighted by molar-refractivity contribution is 5.74.